The van der Waals surface area contributed by atoms with Crippen LogP contribution in [0, 0.1) is 11.6 Å². The second-order valence-electron chi connectivity index (χ2n) is 5.56. The molecule has 1 aromatic rings. The molecule has 5 amide bonds. The number of hydrogen-bond acceptors (Lipinski definition) is 3. The monoisotopic (exact) mass is 324 g/mol. The van der Waals surface area contributed by atoms with Gasteiger partial charge in [-0.3, -0.25) is 10.1 Å². The van der Waals surface area contributed by atoms with E-state index in [1.54, 1.807) is 0 Å². The van der Waals surface area contributed by atoms with Crippen LogP contribution in [0.1, 0.15) is 5.56 Å². The fourth-order valence-electron chi connectivity index (χ4n) is 2.65. The second kappa shape index (κ2) is 5.49. The Morgan fingerprint density at radius 2 is 2.04 bits per heavy atom. The summed E-state index contributed by atoms with van der Waals surface area (Å²) in [7, 11) is 0. The van der Waals surface area contributed by atoms with Crippen molar-refractivity contribution in [3.63, 3.8) is 0 Å². The zero-order valence-corrected chi connectivity index (χ0v) is 12.0. The van der Waals surface area contributed by atoms with Crippen molar-refractivity contribution in [1.29, 1.82) is 0 Å². The number of nitrogens with one attached hydrogen (secondary N) is 3. The van der Waals surface area contributed by atoms with Crippen LogP contribution in [0.25, 0.3) is 0 Å². The van der Waals surface area contributed by atoms with Crippen molar-refractivity contribution in [3.8, 4) is 0 Å². The van der Waals surface area contributed by atoms with Crippen LogP contribution in [0.3, 0.4) is 0 Å². The molecule has 2 aliphatic rings. The lowest BCUT2D eigenvalue weighted by Crippen LogP contribution is -2.73. The molecule has 0 atom stereocenters. The van der Waals surface area contributed by atoms with Gasteiger partial charge in [-0.05, 0) is 30.2 Å². The highest BCUT2D eigenvalue weighted by Gasteiger charge is 2.56. The number of carbonyl (C=O) groups excluding carboxylic acids is 3. The lowest BCUT2D eigenvalue weighted by molar-refractivity contribution is -0.128. The fourth-order valence-corrected chi connectivity index (χ4v) is 2.65. The standard InChI is InChI=1S/C14H14F2N4O3/c15-9-1-2-10(16)8(5-9)3-4-17-13(23)20-6-14(7-20)11(21)18-12(22)19-14/h1-2,5H,3-4,6-7H2,(H,17,23)(H2,18,19,21,22). The summed E-state index contributed by atoms with van der Waals surface area (Å²) < 4.78 is 26.5. The largest absolute Gasteiger partial charge is 0.338 e. The highest BCUT2D eigenvalue weighted by molar-refractivity contribution is 6.08. The Morgan fingerprint density at radius 1 is 1.30 bits per heavy atom. The first-order chi connectivity index (χ1) is 10.9. The minimum absolute atomic E-state index is 0.0741. The number of urea groups is 2. The van der Waals surface area contributed by atoms with Crippen LogP contribution in [-0.2, 0) is 11.2 Å². The normalized spacial score (nSPS) is 18.4. The molecule has 0 aromatic heterocycles. The summed E-state index contributed by atoms with van der Waals surface area (Å²) >= 11 is 0. The average Bonchev–Trinajstić information content (AvgIpc) is 2.75. The van der Waals surface area contributed by atoms with Crippen molar-refractivity contribution in [3.05, 3.63) is 35.4 Å². The van der Waals surface area contributed by atoms with Gasteiger partial charge in [0.2, 0.25) is 0 Å². The Morgan fingerprint density at radius 3 is 2.70 bits per heavy atom. The molecule has 1 spiro atoms. The van der Waals surface area contributed by atoms with Crippen LogP contribution in [0.15, 0.2) is 18.2 Å². The lowest BCUT2D eigenvalue weighted by Gasteiger charge is -2.44. The van der Waals surface area contributed by atoms with Gasteiger partial charge in [0.25, 0.3) is 5.91 Å². The topological polar surface area (TPSA) is 90.5 Å². The van der Waals surface area contributed by atoms with E-state index in [4.69, 9.17) is 0 Å². The maximum atomic E-state index is 13.4. The molecule has 23 heavy (non-hydrogen) atoms. The molecule has 0 saturated carbocycles. The third-order valence-corrected chi connectivity index (χ3v) is 3.90. The number of carbonyl (C=O) groups is 3. The molecule has 7 nitrogen and oxygen atoms in total. The minimum atomic E-state index is -1.04. The molecule has 0 aliphatic carbocycles. The molecule has 2 saturated heterocycles. The molecule has 0 unspecified atom stereocenters. The minimum Gasteiger partial charge on any atom is -0.338 e. The Balaban J connectivity index is 1.47. The van der Waals surface area contributed by atoms with Gasteiger partial charge < -0.3 is 15.5 Å². The molecule has 0 radical (unpaired) electrons. The van der Waals surface area contributed by atoms with Gasteiger partial charge >= 0.3 is 12.1 Å². The SMILES string of the molecule is O=C1NC(=O)C2(CN(C(=O)NCCc3cc(F)ccc3F)C2)N1. The summed E-state index contributed by atoms with van der Waals surface area (Å²) in [4.78, 5) is 35.9. The molecule has 2 fully saturated rings. The van der Waals surface area contributed by atoms with E-state index in [9.17, 15) is 23.2 Å². The van der Waals surface area contributed by atoms with Crippen LogP contribution in [0.5, 0.6) is 0 Å². The summed E-state index contributed by atoms with van der Waals surface area (Å²) in [5, 5.41) is 7.17. The maximum absolute atomic E-state index is 13.4. The molecule has 3 rings (SSSR count). The van der Waals surface area contributed by atoms with Gasteiger partial charge in [0.1, 0.15) is 11.6 Å². The molecule has 2 heterocycles. The predicted octanol–water partition coefficient (Wildman–Crippen LogP) is 0.111. The van der Waals surface area contributed by atoms with E-state index in [1.165, 1.54) is 4.90 Å². The maximum Gasteiger partial charge on any atom is 0.322 e. The average molecular weight is 324 g/mol. The van der Waals surface area contributed by atoms with Crippen molar-refractivity contribution in [2.24, 2.45) is 0 Å². The van der Waals surface area contributed by atoms with E-state index in [0.29, 0.717) is 0 Å². The summed E-state index contributed by atoms with van der Waals surface area (Å²) in [6.07, 6.45) is 0.144. The first kappa shape index (κ1) is 15.2. The number of halogens is 2. The van der Waals surface area contributed by atoms with Crippen molar-refractivity contribution >= 4 is 18.0 Å². The Bertz CT molecular complexity index is 689. The van der Waals surface area contributed by atoms with E-state index < -0.39 is 35.1 Å². The highest BCUT2D eigenvalue weighted by Crippen LogP contribution is 2.24. The van der Waals surface area contributed by atoms with E-state index >= 15 is 0 Å². The van der Waals surface area contributed by atoms with E-state index in [-0.39, 0.29) is 31.6 Å². The van der Waals surface area contributed by atoms with Crippen LogP contribution in [-0.4, -0.2) is 48.0 Å². The van der Waals surface area contributed by atoms with E-state index in [0.717, 1.165) is 18.2 Å². The van der Waals surface area contributed by atoms with Gasteiger partial charge in [-0.2, -0.15) is 0 Å². The van der Waals surface area contributed by atoms with Gasteiger partial charge in [-0.1, -0.05) is 0 Å². The third-order valence-electron chi connectivity index (χ3n) is 3.90. The molecule has 3 N–H and O–H groups in total. The summed E-state index contributed by atoms with van der Waals surface area (Å²) in [6.45, 7) is 0.275. The molecule has 9 heteroatoms. The van der Waals surface area contributed by atoms with Crippen molar-refractivity contribution in [2.45, 2.75) is 12.0 Å². The predicted molar refractivity (Wildman–Crippen MR) is 74.4 cm³/mol. The number of nitrogens with zero attached hydrogens (tertiary/aromatic N) is 1. The van der Waals surface area contributed by atoms with Gasteiger partial charge in [0, 0.05) is 6.54 Å². The quantitative estimate of drug-likeness (QED) is 0.689. The lowest BCUT2D eigenvalue weighted by atomic mass is 9.90. The highest BCUT2D eigenvalue weighted by atomic mass is 19.1. The smallest absolute Gasteiger partial charge is 0.322 e. The Hall–Kier alpha value is -2.71. The van der Waals surface area contributed by atoms with Crippen LogP contribution in [0.2, 0.25) is 0 Å². The van der Waals surface area contributed by atoms with Gasteiger partial charge in [0.15, 0.2) is 5.54 Å². The second-order valence-corrected chi connectivity index (χ2v) is 5.56. The number of rotatable bonds is 3. The summed E-state index contributed by atoms with van der Waals surface area (Å²) in [5.74, 6) is -1.53. The summed E-state index contributed by atoms with van der Waals surface area (Å²) in [5.41, 5.74) is -0.865. The first-order valence-electron chi connectivity index (χ1n) is 7.00. The van der Waals surface area contributed by atoms with Crippen LogP contribution < -0.4 is 16.0 Å². The van der Waals surface area contributed by atoms with Crippen LogP contribution in [0.4, 0.5) is 18.4 Å². The number of likely N-dealkylation sites (tertiary alicyclic amines) is 1. The van der Waals surface area contributed by atoms with Crippen molar-refractivity contribution in [2.75, 3.05) is 19.6 Å². The van der Waals surface area contributed by atoms with Gasteiger partial charge in [-0.25, -0.2) is 18.4 Å². The van der Waals surface area contributed by atoms with E-state index in [2.05, 4.69) is 16.0 Å². The molecule has 122 valence electrons. The first-order valence-corrected chi connectivity index (χ1v) is 7.00. The molecular weight excluding hydrogens is 310 g/mol. The number of imide groups is 1. The fraction of sp³-hybridized carbons (Fsp3) is 0.357. The third kappa shape index (κ3) is 2.81. The number of amides is 5. The zero-order chi connectivity index (χ0) is 16.6. The molecule has 0 bridgehead atoms. The van der Waals surface area contributed by atoms with Crippen molar-refractivity contribution < 1.29 is 23.2 Å². The summed E-state index contributed by atoms with van der Waals surface area (Å²) in [6, 6.07) is 2.14. The van der Waals surface area contributed by atoms with Gasteiger partial charge in [-0.15, -0.1) is 0 Å². The number of benzene rings is 1. The van der Waals surface area contributed by atoms with Gasteiger partial charge in [0.05, 0.1) is 13.1 Å². The number of hydrogen-bond donors (Lipinski definition) is 3. The Labute approximate surface area is 130 Å². The zero-order valence-electron chi connectivity index (χ0n) is 12.0. The molecule has 2 aliphatic heterocycles. The Kier molecular flexibility index (Phi) is 3.63. The molecular formula is C14H14F2N4O3. The van der Waals surface area contributed by atoms with Crippen LogP contribution >= 0.6 is 0 Å². The van der Waals surface area contributed by atoms with Crippen molar-refractivity contribution in [1.82, 2.24) is 20.9 Å². The molecule has 1 aromatic carbocycles. The van der Waals surface area contributed by atoms with E-state index in [1.807, 2.05) is 0 Å².